The van der Waals surface area contributed by atoms with Crippen LogP contribution in [0.15, 0.2) is 18.2 Å². The Morgan fingerprint density at radius 2 is 2.05 bits per heavy atom. The average molecular weight is 316 g/mol. The van der Waals surface area contributed by atoms with E-state index in [0.29, 0.717) is 25.1 Å². The van der Waals surface area contributed by atoms with Crippen molar-refractivity contribution in [2.24, 2.45) is 0 Å². The van der Waals surface area contributed by atoms with E-state index in [-0.39, 0.29) is 12.1 Å². The molecule has 0 aliphatic heterocycles. The predicted octanol–water partition coefficient (Wildman–Crippen LogP) is 1.54. The first-order chi connectivity index (χ1) is 9.77. The van der Waals surface area contributed by atoms with Gasteiger partial charge in [-0.2, -0.15) is 0 Å². The lowest BCUT2D eigenvalue weighted by atomic mass is 10.1. The van der Waals surface area contributed by atoms with Gasteiger partial charge < -0.3 is 5.32 Å². The first kappa shape index (κ1) is 17.6. The summed E-state index contributed by atoms with van der Waals surface area (Å²) in [6.07, 6.45) is 1.62. The summed E-state index contributed by atoms with van der Waals surface area (Å²) in [4.78, 5) is 11.8. The number of carbonyl (C=O) groups excluding carboxylic acids is 1. The molecule has 0 unspecified atom stereocenters. The van der Waals surface area contributed by atoms with Crippen molar-refractivity contribution in [3.63, 3.8) is 0 Å². The van der Waals surface area contributed by atoms with Gasteiger partial charge in [-0.3, -0.25) is 4.79 Å². The number of halogens is 1. The van der Waals surface area contributed by atoms with Crippen molar-refractivity contribution in [3.8, 4) is 0 Å². The number of nitrogens with one attached hydrogen (secondary N) is 1. The van der Waals surface area contributed by atoms with E-state index in [1.54, 1.807) is 26.0 Å². The van der Waals surface area contributed by atoms with E-state index in [2.05, 4.69) is 5.32 Å². The molecule has 7 heteroatoms. The molecule has 1 N–H and O–H groups in total. The Kier molecular flexibility index (Phi) is 6.29. The highest BCUT2D eigenvalue weighted by atomic mass is 32.2. The number of benzene rings is 1. The van der Waals surface area contributed by atoms with Crippen LogP contribution >= 0.6 is 0 Å². The van der Waals surface area contributed by atoms with Crippen molar-refractivity contribution in [1.29, 1.82) is 0 Å². The Morgan fingerprint density at radius 1 is 1.38 bits per heavy atom. The highest BCUT2D eigenvalue weighted by molar-refractivity contribution is 7.88. The first-order valence-electron chi connectivity index (χ1n) is 6.75. The summed E-state index contributed by atoms with van der Waals surface area (Å²) in [5.41, 5.74) is 0.419. The molecule has 0 bridgehead atoms. The van der Waals surface area contributed by atoms with E-state index in [1.807, 2.05) is 0 Å². The molecule has 5 nitrogen and oxygen atoms in total. The van der Waals surface area contributed by atoms with Crippen LogP contribution in [0.5, 0.6) is 0 Å². The standard InChI is InChI=1S/C14H21FN2O3S/c1-4-17(21(3,19)20)10-6-9-16-14(18)12-8-5-7-11(2)13(12)15/h5,7-8H,4,6,9-10H2,1-3H3,(H,16,18). The van der Waals surface area contributed by atoms with Gasteiger partial charge in [0.2, 0.25) is 10.0 Å². The van der Waals surface area contributed by atoms with Gasteiger partial charge in [0.25, 0.3) is 5.91 Å². The molecule has 0 radical (unpaired) electrons. The molecule has 0 saturated carbocycles. The SMILES string of the molecule is CCN(CCCNC(=O)c1cccc(C)c1F)S(C)(=O)=O. The second kappa shape index (κ2) is 7.51. The van der Waals surface area contributed by atoms with Gasteiger partial charge in [0.15, 0.2) is 0 Å². The molecule has 0 aliphatic rings. The van der Waals surface area contributed by atoms with E-state index >= 15 is 0 Å². The molecular formula is C14H21FN2O3S. The molecule has 0 aliphatic carbocycles. The summed E-state index contributed by atoms with van der Waals surface area (Å²) in [5, 5.41) is 2.60. The van der Waals surface area contributed by atoms with Gasteiger partial charge in [-0.25, -0.2) is 17.1 Å². The van der Waals surface area contributed by atoms with Gasteiger partial charge in [0.1, 0.15) is 5.82 Å². The zero-order valence-electron chi connectivity index (χ0n) is 12.5. The summed E-state index contributed by atoms with van der Waals surface area (Å²) in [6, 6.07) is 4.64. The maximum atomic E-state index is 13.8. The maximum absolute atomic E-state index is 13.8. The molecule has 0 aromatic heterocycles. The molecule has 118 valence electrons. The largest absolute Gasteiger partial charge is 0.352 e. The fourth-order valence-electron chi connectivity index (χ4n) is 1.93. The minimum atomic E-state index is -3.22. The second-order valence-corrected chi connectivity index (χ2v) is 6.78. The van der Waals surface area contributed by atoms with Crippen LogP contribution in [-0.4, -0.2) is 44.5 Å². The zero-order valence-corrected chi connectivity index (χ0v) is 13.3. The minimum Gasteiger partial charge on any atom is -0.352 e. The quantitative estimate of drug-likeness (QED) is 0.776. The summed E-state index contributed by atoms with van der Waals surface area (Å²) in [7, 11) is -3.22. The van der Waals surface area contributed by atoms with Gasteiger partial charge in [-0.1, -0.05) is 19.1 Å². The van der Waals surface area contributed by atoms with Crippen molar-refractivity contribution < 1.29 is 17.6 Å². The molecule has 0 fully saturated rings. The fourth-order valence-corrected chi connectivity index (χ4v) is 2.86. The van der Waals surface area contributed by atoms with Gasteiger partial charge in [0.05, 0.1) is 11.8 Å². The summed E-state index contributed by atoms with van der Waals surface area (Å²) in [6.45, 7) is 4.35. The van der Waals surface area contributed by atoms with Crippen LogP contribution in [0.2, 0.25) is 0 Å². The minimum absolute atomic E-state index is 0.00506. The monoisotopic (exact) mass is 316 g/mol. The van der Waals surface area contributed by atoms with Crippen molar-refractivity contribution in [2.75, 3.05) is 25.9 Å². The lowest BCUT2D eigenvalue weighted by Crippen LogP contribution is -2.33. The Bertz CT molecular complexity index is 602. The number of amides is 1. The zero-order chi connectivity index (χ0) is 16.0. The third-order valence-corrected chi connectivity index (χ3v) is 4.51. The van der Waals surface area contributed by atoms with Crippen LogP contribution in [0.4, 0.5) is 4.39 Å². The predicted molar refractivity (Wildman–Crippen MR) is 80.2 cm³/mol. The average Bonchev–Trinajstić information content (AvgIpc) is 2.40. The van der Waals surface area contributed by atoms with Gasteiger partial charge in [-0.15, -0.1) is 0 Å². The Hall–Kier alpha value is -1.47. The van der Waals surface area contributed by atoms with Crippen LogP contribution in [0.3, 0.4) is 0 Å². The number of hydrogen-bond donors (Lipinski definition) is 1. The maximum Gasteiger partial charge on any atom is 0.254 e. The molecule has 0 saturated heterocycles. The smallest absolute Gasteiger partial charge is 0.254 e. The first-order valence-corrected chi connectivity index (χ1v) is 8.60. The van der Waals surface area contributed by atoms with Crippen molar-refractivity contribution >= 4 is 15.9 Å². The fraction of sp³-hybridized carbons (Fsp3) is 0.500. The lowest BCUT2D eigenvalue weighted by Gasteiger charge is -2.17. The number of nitrogens with zero attached hydrogens (tertiary/aromatic N) is 1. The van der Waals surface area contributed by atoms with Gasteiger partial charge >= 0.3 is 0 Å². The molecule has 0 spiro atoms. The third-order valence-electron chi connectivity index (χ3n) is 3.13. The van der Waals surface area contributed by atoms with Gasteiger partial charge in [0, 0.05) is 19.6 Å². The molecule has 1 rings (SSSR count). The van der Waals surface area contributed by atoms with E-state index in [0.717, 1.165) is 6.26 Å². The van der Waals surface area contributed by atoms with Crippen molar-refractivity contribution in [2.45, 2.75) is 20.3 Å². The van der Waals surface area contributed by atoms with Crippen molar-refractivity contribution in [3.05, 3.63) is 35.1 Å². The van der Waals surface area contributed by atoms with Crippen LogP contribution < -0.4 is 5.32 Å². The van der Waals surface area contributed by atoms with Crippen LogP contribution in [-0.2, 0) is 10.0 Å². The Labute approximate surface area is 125 Å². The number of rotatable bonds is 7. The molecule has 21 heavy (non-hydrogen) atoms. The van der Waals surface area contributed by atoms with E-state index < -0.39 is 21.7 Å². The molecule has 1 aromatic rings. The highest BCUT2D eigenvalue weighted by Gasteiger charge is 2.15. The number of carbonyl (C=O) groups is 1. The molecule has 1 amide bonds. The highest BCUT2D eigenvalue weighted by Crippen LogP contribution is 2.11. The molecule has 0 heterocycles. The van der Waals surface area contributed by atoms with Crippen LogP contribution in [0, 0.1) is 12.7 Å². The molecule has 1 aromatic carbocycles. The van der Waals surface area contributed by atoms with Gasteiger partial charge in [-0.05, 0) is 25.0 Å². The second-order valence-electron chi connectivity index (χ2n) is 4.80. The van der Waals surface area contributed by atoms with Crippen LogP contribution in [0.1, 0.15) is 29.3 Å². The van der Waals surface area contributed by atoms with Crippen molar-refractivity contribution in [1.82, 2.24) is 9.62 Å². The normalized spacial score (nSPS) is 11.7. The van der Waals surface area contributed by atoms with E-state index in [4.69, 9.17) is 0 Å². The summed E-state index contributed by atoms with van der Waals surface area (Å²) in [5.74, 6) is -1.01. The van der Waals surface area contributed by atoms with Crippen LogP contribution in [0.25, 0.3) is 0 Å². The van der Waals surface area contributed by atoms with E-state index in [9.17, 15) is 17.6 Å². The number of hydrogen-bond acceptors (Lipinski definition) is 3. The summed E-state index contributed by atoms with van der Waals surface area (Å²) < 4.78 is 37.8. The molecule has 0 atom stereocenters. The lowest BCUT2D eigenvalue weighted by molar-refractivity contribution is 0.0948. The Morgan fingerprint density at radius 3 is 2.62 bits per heavy atom. The topological polar surface area (TPSA) is 66.5 Å². The number of sulfonamides is 1. The number of aryl methyl sites for hydroxylation is 1. The van der Waals surface area contributed by atoms with E-state index in [1.165, 1.54) is 10.4 Å². The molecular weight excluding hydrogens is 295 g/mol. The Balaban J connectivity index is 2.49. The third kappa shape index (κ3) is 5.09. The summed E-state index contributed by atoms with van der Waals surface area (Å²) >= 11 is 0.